The zero-order valence-corrected chi connectivity index (χ0v) is 11.8. The van der Waals surface area contributed by atoms with Crippen LogP contribution in [0.2, 0.25) is 0 Å². The van der Waals surface area contributed by atoms with Crippen molar-refractivity contribution in [3.05, 3.63) is 33.6 Å². The first kappa shape index (κ1) is 16.5. The molecule has 0 fully saturated rings. The summed E-state index contributed by atoms with van der Waals surface area (Å²) in [5.41, 5.74) is -0.862. The first-order valence-corrected chi connectivity index (χ1v) is 7.29. The molecule has 0 saturated carbocycles. The maximum absolute atomic E-state index is 13.3. The zero-order valence-electron chi connectivity index (χ0n) is 11.0. The molecule has 1 aromatic rings. The molecule has 2 N–H and O–H groups in total. The summed E-state index contributed by atoms with van der Waals surface area (Å²) >= 11 is 0. The number of hydrogen-bond donors (Lipinski definition) is 2. The molecule has 0 saturated heterocycles. The summed E-state index contributed by atoms with van der Waals surface area (Å²) in [7, 11) is -4.05. The Hall–Kier alpha value is -1.58. The van der Waals surface area contributed by atoms with E-state index in [4.69, 9.17) is 0 Å². The lowest BCUT2D eigenvalue weighted by Gasteiger charge is -2.12. The summed E-state index contributed by atoms with van der Waals surface area (Å²) in [6.45, 7) is 2.79. The topological polar surface area (TPSA) is 110 Å². The molecule has 0 aliphatic rings. The summed E-state index contributed by atoms with van der Waals surface area (Å²) in [6.07, 6.45) is -0.508. The van der Waals surface area contributed by atoms with Crippen molar-refractivity contribution in [1.29, 1.82) is 0 Å². The molecule has 112 valence electrons. The van der Waals surface area contributed by atoms with E-state index in [1.807, 2.05) is 0 Å². The molecule has 7 nitrogen and oxygen atoms in total. The van der Waals surface area contributed by atoms with Gasteiger partial charge in [-0.2, -0.15) is 4.39 Å². The number of aliphatic hydroxyl groups is 1. The van der Waals surface area contributed by atoms with Crippen molar-refractivity contribution in [2.75, 3.05) is 6.54 Å². The monoisotopic (exact) mass is 306 g/mol. The van der Waals surface area contributed by atoms with Crippen LogP contribution in [0.1, 0.15) is 18.9 Å². The third kappa shape index (κ3) is 3.71. The van der Waals surface area contributed by atoms with Gasteiger partial charge >= 0.3 is 5.69 Å². The van der Waals surface area contributed by atoms with Gasteiger partial charge in [-0.25, -0.2) is 13.1 Å². The SMILES string of the molecule is CCC(O)CNS(=O)(=O)c1cc([N+](=O)[O-])c(F)cc1C. The fourth-order valence-corrected chi connectivity index (χ4v) is 2.82. The third-order valence-corrected chi connectivity index (χ3v) is 4.28. The Labute approximate surface area is 115 Å². The van der Waals surface area contributed by atoms with E-state index in [1.54, 1.807) is 6.92 Å². The molecule has 0 radical (unpaired) electrons. The fraction of sp³-hybridized carbons (Fsp3) is 0.455. The van der Waals surface area contributed by atoms with Crippen molar-refractivity contribution in [2.24, 2.45) is 0 Å². The van der Waals surface area contributed by atoms with Crippen LogP contribution in [0, 0.1) is 22.9 Å². The number of halogens is 1. The average molecular weight is 306 g/mol. The molecule has 1 rings (SSSR count). The molecule has 0 bridgehead atoms. The second kappa shape index (κ2) is 6.25. The van der Waals surface area contributed by atoms with Crippen LogP contribution in [0.15, 0.2) is 17.0 Å². The van der Waals surface area contributed by atoms with Gasteiger partial charge in [-0.1, -0.05) is 6.92 Å². The van der Waals surface area contributed by atoms with Gasteiger partial charge in [0.15, 0.2) is 0 Å². The Bertz CT molecular complexity index is 617. The van der Waals surface area contributed by atoms with Crippen LogP contribution < -0.4 is 4.72 Å². The number of benzene rings is 1. The summed E-state index contributed by atoms with van der Waals surface area (Å²) in [4.78, 5) is 9.26. The molecule has 9 heteroatoms. The number of nitro groups is 1. The van der Waals surface area contributed by atoms with Crippen LogP contribution in [-0.2, 0) is 10.0 Å². The molecule has 0 amide bonds. The van der Waals surface area contributed by atoms with Gasteiger partial charge in [0.1, 0.15) is 0 Å². The standard InChI is InChI=1S/C11H15FN2O5S/c1-3-8(15)6-13-20(18,19)11-5-10(14(16)17)9(12)4-7(11)2/h4-5,8,13,15H,3,6H2,1-2H3. The van der Waals surface area contributed by atoms with E-state index in [9.17, 15) is 28.0 Å². The van der Waals surface area contributed by atoms with E-state index in [0.29, 0.717) is 12.5 Å². The van der Waals surface area contributed by atoms with E-state index in [2.05, 4.69) is 4.72 Å². The van der Waals surface area contributed by atoms with E-state index in [-0.39, 0.29) is 17.0 Å². The highest BCUT2D eigenvalue weighted by Gasteiger charge is 2.24. The normalized spacial score (nSPS) is 13.2. The van der Waals surface area contributed by atoms with Crippen LogP contribution in [0.25, 0.3) is 0 Å². The Balaban J connectivity index is 3.18. The van der Waals surface area contributed by atoms with Crippen LogP contribution in [-0.4, -0.2) is 31.1 Å². The largest absolute Gasteiger partial charge is 0.392 e. The smallest absolute Gasteiger partial charge is 0.306 e. The maximum atomic E-state index is 13.3. The Morgan fingerprint density at radius 2 is 2.10 bits per heavy atom. The van der Waals surface area contributed by atoms with Crippen LogP contribution in [0.3, 0.4) is 0 Å². The first-order valence-electron chi connectivity index (χ1n) is 5.81. The molecule has 0 spiro atoms. The molecule has 20 heavy (non-hydrogen) atoms. The minimum absolute atomic E-state index is 0.0478. The molecule has 1 atom stereocenters. The zero-order chi connectivity index (χ0) is 15.5. The van der Waals surface area contributed by atoms with E-state index >= 15 is 0 Å². The van der Waals surface area contributed by atoms with Gasteiger partial charge in [0.05, 0.1) is 15.9 Å². The van der Waals surface area contributed by atoms with Crippen LogP contribution in [0.4, 0.5) is 10.1 Å². The highest BCUT2D eigenvalue weighted by atomic mass is 32.2. The number of aliphatic hydroxyl groups excluding tert-OH is 1. The maximum Gasteiger partial charge on any atom is 0.306 e. The summed E-state index contributed by atoms with van der Waals surface area (Å²) < 4.78 is 39.5. The minimum atomic E-state index is -4.05. The number of aryl methyl sites for hydroxylation is 1. The van der Waals surface area contributed by atoms with E-state index < -0.39 is 32.6 Å². The first-order chi connectivity index (χ1) is 9.19. The van der Waals surface area contributed by atoms with Crippen LogP contribution >= 0.6 is 0 Å². The van der Waals surface area contributed by atoms with E-state index in [0.717, 1.165) is 6.07 Å². The molecule has 1 unspecified atom stereocenters. The van der Waals surface area contributed by atoms with Crippen molar-refractivity contribution in [3.8, 4) is 0 Å². The van der Waals surface area contributed by atoms with Crippen molar-refractivity contribution in [3.63, 3.8) is 0 Å². The van der Waals surface area contributed by atoms with Crippen LogP contribution in [0.5, 0.6) is 0 Å². The minimum Gasteiger partial charge on any atom is -0.392 e. The summed E-state index contributed by atoms with van der Waals surface area (Å²) in [5, 5.41) is 20.0. The molecule has 0 aromatic heterocycles. The van der Waals surface area contributed by atoms with Gasteiger partial charge < -0.3 is 5.11 Å². The highest BCUT2D eigenvalue weighted by Crippen LogP contribution is 2.25. The van der Waals surface area contributed by atoms with Gasteiger partial charge in [0.25, 0.3) is 0 Å². The summed E-state index contributed by atoms with van der Waals surface area (Å²) in [6, 6.07) is 1.47. The quantitative estimate of drug-likeness (QED) is 0.604. The lowest BCUT2D eigenvalue weighted by Crippen LogP contribution is -2.32. The molecule has 0 aliphatic heterocycles. The second-order valence-corrected chi connectivity index (χ2v) is 5.98. The Morgan fingerprint density at radius 3 is 2.60 bits per heavy atom. The lowest BCUT2D eigenvalue weighted by molar-refractivity contribution is -0.387. The van der Waals surface area contributed by atoms with Gasteiger partial charge in [-0.15, -0.1) is 0 Å². The number of nitrogens with one attached hydrogen (secondary N) is 1. The molecular formula is C11H15FN2O5S. The van der Waals surface area contributed by atoms with Gasteiger partial charge in [-0.05, 0) is 25.0 Å². The molecule has 0 aliphatic carbocycles. The lowest BCUT2D eigenvalue weighted by atomic mass is 10.2. The van der Waals surface area contributed by atoms with Gasteiger partial charge in [0.2, 0.25) is 15.8 Å². The van der Waals surface area contributed by atoms with E-state index in [1.165, 1.54) is 6.92 Å². The summed E-state index contributed by atoms with van der Waals surface area (Å²) in [5.74, 6) is -1.10. The average Bonchev–Trinajstić information content (AvgIpc) is 2.35. The van der Waals surface area contributed by atoms with Gasteiger partial charge in [-0.3, -0.25) is 10.1 Å². The van der Waals surface area contributed by atoms with Crippen molar-refractivity contribution in [1.82, 2.24) is 4.72 Å². The van der Waals surface area contributed by atoms with Crippen molar-refractivity contribution < 1.29 is 22.8 Å². The predicted molar refractivity (Wildman–Crippen MR) is 69.3 cm³/mol. The Kier molecular flexibility index (Phi) is 5.15. The van der Waals surface area contributed by atoms with Crippen molar-refractivity contribution >= 4 is 15.7 Å². The van der Waals surface area contributed by atoms with Gasteiger partial charge in [0, 0.05) is 12.6 Å². The van der Waals surface area contributed by atoms with Crippen molar-refractivity contribution in [2.45, 2.75) is 31.3 Å². The second-order valence-electron chi connectivity index (χ2n) is 4.24. The number of sulfonamides is 1. The Morgan fingerprint density at radius 1 is 1.50 bits per heavy atom. The third-order valence-electron chi connectivity index (χ3n) is 2.71. The number of nitrogens with zero attached hydrogens (tertiary/aromatic N) is 1. The molecule has 0 heterocycles. The number of hydrogen-bond acceptors (Lipinski definition) is 5. The predicted octanol–water partition coefficient (Wildman–Crippen LogP) is 1.09. The number of nitro benzene ring substituents is 1. The highest BCUT2D eigenvalue weighted by molar-refractivity contribution is 7.89. The molecule has 1 aromatic carbocycles. The molecular weight excluding hydrogens is 291 g/mol. The number of rotatable bonds is 6. The fourth-order valence-electron chi connectivity index (χ4n) is 1.50.